The van der Waals surface area contributed by atoms with E-state index in [1.54, 1.807) is 12.1 Å². The lowest BCUT2D eigenvalue weighted by atomic mass is 10.2. The maximum absolute atomic E-state index is 13.0. The van der Waals surface area contributed by atoms with Gasteiger partial charge < -0.3 is 9.80 Å². The van der Waals surface area contributed by atoms with E-state index in [0.29, 0.717) is 13.0 Å². The molecule has 0 saturated carbocycles. The number of halogens is 1. The van der Waals surface area contributed by atoms with Crippen LogP contribution in [0.15, 0.2) is 48.5 Å². The van der Waals surface area contributed by atoms with Crippen molar-refractivity contribution >= 4 is 17.3 Å². The van der Waals surface area contributed by atoms with Crippen LogP contribution in [0.4, 0.5) is 15.8 Å². The van der Waals surface area contributed by atoms with E-state index in [1.165, 1.54) is 17.7 Å². The molecule has 4 heteroatoms. The van der Waals surface area contributed by atoms with Crippen LogP contribution in [-0.4, -0.2) is 25.5 Å². The molecule has 1 heterocycles. The number of benzene rings is 2. The summed E-state index contributed by atoms with van der Waals surface area (Å²) in [6, 6.07) is 14.5. The zero-order chi connectivity index (χ0) is 16.2. The van der Waals surface area contributed by atoms with Gasteiger partial charge in [-0.3, -0.25) is 4.79 Å². The van der Waals surface area contributed by atoms with Crippen molar-refractivity contribution in [2.45, 2.75) is 19.8 Å². The van der Waals surface area contributed by atoms with Gasteiger partial charge in [0, 0.05) is 37.4 Å². The molecular formula is C19H21FN2O. The second kappa shape index (κ2) is 6.82. The number of anilines is 2. The molecular weight excluding hydrogens is 291 g/mol. The molecule has 0 bridgehead atoms. The fourth-order valence-electron chi connectivity index (χ4n) is 3.08. The zero-order valence-electron chi connectivity index (χ0n) is 13.3. The average Bonchev–Trinajstić information content (AvgIpc) is 3.01. The predicted molar refractivity (Wildman–Crippen MR) is 91.4 cm³/mol. The van der Waals surface area contributed by atoms with Gasteiger partial charge in [-0.15, -0.1) is 0 Å². The molecule has 120 valence electrons. The van der Waals surface area contributed by atoms with Gasteiger partial charge in [0.15, 0.2) is 0 Å². The third kappa shape index (κ3) is 3.36. The van der Waals surface area contributed by atoms with Crippen LogP contribution in [0, 0.1) is 5.82 Å². The molecule has 0 aromatic heterocycles. The number of carbonyl (C=O) groups is 1. The Hall–Kier alpha value is -2.36. The SMILES string of the molecule is CCN(CCC(=O)N1CCc2ccccc21)c1ccc(F)cc1. The molecule has 0 aliphatic carbocycles. The van der Waals surface area contributed by atoms with Crippen LogP contribution in [0.2, 0.25) is 0 Å². The lowest BCUT2D eigenvalue weighted by Gasteiger charge is -2.24. The lowest BCUT2D eigenvalue weighted by molar-refractivity contribution is -0.118. The Labute approximate surface area is 136 Å². The van der Waals surface area contributed by atoms with Crippen molar-refractivity contribution in [1.82, 2.24) is 0 Å². The number of para-hydroxylation sites is 1. The first-order valence-corrected chi connectivity index (χ1v) is 8.08. The van der Waals surface area contributed by atoms with Crippen molar-refractivity contribution in [3.05, 3.63) is 59.9 Å². The molecule has 1 amide bonds. The number of hydrogen-bond acceptors (Lipinski definition) is 2. The van der Waals surface area contributed by atoms with Crippen LogP contribution in [0.5, 0.6) is 0 Å². The third-order valence-electron chi connectivity index (χ3n) is 4.36. The number of amides is 1. The Bertz CT molecular complexity index is 684. The summed E-state index contributed by atoms with van der Waals surface area (Å²) >= 11 is 0. The van der Waals surface area contributed by atoms with Crippen molar-refractivity contribution in [3.63, 3.8) is 0 Å². The van der Waals surface area contributed by atoms with E-state index in [4.69, 9.17) is 0 Å². The van der Waals surface area contributed by atoms with E-state index in [-0.39, 0.29) is 11.7 Å². The van der Waals surface area contributed by atoms with E-state index >= 15 is 0 Å². The molecule has 3 nitrogen and oxygen atoms in total. The van der Waals surface area contributed by atoms with Crippen LogP contribution >= 0.6 is 0 Å². The van der Waals surface area contributed by atoms with Gasteiger partial charge >= 0.3 is 0 Å². The highest BCUT2D eigenvalue weighted by atomic mass is 19.1. The minimum Gasteiger partial charge on any atom is -0.371 e. The maximum atomic E-state index is 13.0. The summed E-state index contributed by atoms with van der Waals surface area (Å²) in [5.41, 5.74) is 3.23. The quantitative estimate of drug-likeness (QED) is 0.841. The summed E-state index contributed by atoms with van der Waals surface area (Å²) in [5.74, 6) is -0.0925. The molecule has 0 N–H and O–H groups in total. The maximum Gasteiger partial charge on any atom is 0.228 e. The molecule has 23 heavy (non-hydrogen) atoms. The first-order chi connectivity index (χ1) is 11.2. The molecule has 0 spiro atoms. The summed E-state index contributed by atoms with van der Waals surface area (Å²) in [7, 11) is 0. The second-order valence-corrected chi connectivity index (χ2v) is 5.73. The fraction of sp³-hybridized carbons (Fsp3) is 0.316. The molecule has 0 saturated heterocycles. The molecule has 0 radical (unpaired) electrons. The van der Waals surface area contributed by atoms with Gasteiger partial charge in [-0.2, -0.15) is 0 Å². The monoisotopic (exact) mass is 312 g/mol. The van der Waals surface area contributed by atoms with Crippen LogP contribution in [0.25, 0.3) is 0 Å². The van der Waals surface area contributed by atoms with Crippen molar-refractivity contribution in [2.75, 3.05) is 29.4 Å². The molecule has 2 aromatic carbocycles. The molecule has 3 rings (SSSR count). The van der Waals surface area contributed by atoms with E-state index < -0.39 is 0 Å². The Morgan fingerprint density at radius 3 is 2.65 bits per heavy atom. The van der Waals surface area contributed by atoms with Gasteiger partial charge in [0.05, 0.1) is 0 Å². The van der Waals surface area contributed by atoms with Gasteiger partial charge in [-0.1, -0.05) is 18.2 Å². The Morgan fingerprint density at radius 2 is 1.91 bits per heavy atom. The summed E-state index contributed by atoms with van der Waals surface area (Å²) in [5, 5.41) is 0. The van der Waals surface area contributed by atoms with Crippen molar-refractivity contribution in [2.24, 2.45) is 0 Å². The van der Waals surface area contributed by atoms with Crippen molar-refractivity contribution in [3.8, 4) is 0 Å². The third-order valence-corrected chi connectivity index (χ3v) is 4.36. The standard InChI is InChI=1S/C19H21FN2O/c1-2-21(17-9-7-16(20)8-10-17)13-12-19(23)22-14-11-15-5-3-4-6-18(15)22/h3-10H,2,11-14H2,1H3. The fourth-order valence-corrected chi connectivity index (χ4v) is 3.08. The second-order valence-electron chi connectivity index (χ2n) is 5.73. The Balaban J connectivity index is 1.63. The summed E-state index contributed by atoms with van der Waals surface area (Å²) in [6.45, 7) is 4.23. The highest BCUT2D eigenvalue weighted by Gasteiger charge is 2.24. The van der Waals surface area contributed by atoms with Gasteiger partial charge in [-0.05, 0) is 49.2 Å². The molecule has 1 aliphatic rings. The summed E-state index contributed by atoms with van der Waals surface area (Å²) < 4.78 is 13.0. The first-order valence-electron chi connectivity index (χ1n) is 8.08. The van der Waals surface area contributed by atoms with E-state index in [9.17, 15) is 9.18 Å². The zero-order valence-corrected chi connectivity index (χ0v) is 13.3. The van der Waals surface area contributed by atoms with Gasteiger partial charge in [-0.25, -0.2) is 4.39 Å². The van der Waals surface area contributed by atoms with Gasteiger partial charge in [0.2, 0.25) is 5.91 Å². The minimum absolute atomic E-state index is 0.149. The Kier molecular flexibility index (Phi) is 4.60. The molecule has 0 atom stereocenters. The number of hydrogen-bond donors (Lipinski definition) is 0. The summed E-state index contributed by atoms with van der Waals surface area (Å²) in [6.07, 6.45) is 1.39. The highest BCUT2D eigenvalue weighted by Crippen LogP contribution is 2.28. The summed E-state index contributed by atoms with van der Waals surface area (Å²) in [4.78, 5) is 16.5. The van der Waals surface area contributed by atoms with Crippen LogP contribution < -0.4 is 9.80 Å². The van der Waals surface area contributed by atoms with E-state index in [2.05, 4.69) is 11.0 Å². The average molecular weight is 312 g/mol. The molecule has 0 fully saturated rings. The number of carbonyl (C=O) groups excluding carboxylic acids is 1. The predicted octanol–water partition coefficient (Wildman–Crippen LogP) is 3.63. The molecule has 1 aliphatic heterocycles. The number of fused-ring (bicyclic) bond motifs is 1. The lowest BCUT2D eigenvalue weighted by Crippen LogP contribution is -2.33. The first kappa shape index (κ1) is 15.5. The Morgan fingerprint density at radius 1 is 1.17 bits per heavy atom. The normalized spacial score (nSPS) is 13.0. The minimum atomic E-state index is -0.241. The van der Waals surface area contributed by atoms with Crippen LogP contribution in [-0.2, 0) is 11.2 Å². The van der Waals surface area contributed by atoms with Crippen LogP contribution in [0.3, 0.4) is 0 Å². The number of rotatable bonds is 5. The molecule has 0 unspecified atom stereocenters. The number of nitrogens with zero attached hydrogens (tertiary/aromatic N) is 2. The highest BCUT2D eigenvalue weighted by molar-refractivity contribution is 5.95. The largest absolute Gasteiger partial charge is 0.371 e. The smallest absolute Gasteiger partial charge is 0.228 e. The van der Waals surface area contributed by atoms with E-state index in [1.807, 2.05) is 30.0 Å². The van der Waals surface area contributed by atoms with Crippen LogP contribution in [0.1, 0.15) is 18.9 Å². The van der Waals surface area contributed by atoms with Crippen molar-refractivity contribution in [1.29, 1.82) is 0 Å². The molecule has 2 aromatic rings. The van der Waals surface area contributed by atoms with Crippen molar-refractivity contribution < 1.29 is 9.18 Å². The van der Waals surface area contributed by atoms with Gasteiger partial charge in [0.25, 0.3) is 0 Å². The topological polar surface area (TPSA) is 23.6 Å². The van der Waals surface area contributed by atoms with E-state index in [0.717, 1.165) is 30.9 Å². The van der Waals surface area contributed by atoms with Gasteiger partial charge in [0.1, 0.15) is 5.82 Å².